The van der Waals surface area contributed by atoms with Gasteiger partial charge in [0.15, 0.2) is 5.96 Å². The summed E-state index contributed by atoms with van der Waals surface area (Å²) in [5.41, 5.74) is 0.971. The molecule has 2 aromatic rings. The van der Waals surface area contributed by atoms with E-state index >= 15 is 0 Å². The Bertz CT molecular complexity index is 752. The van der Waals surface area contributed by atoms with E-state index in [9.17, 15) is 4.39 Å². The van der Waals surface area contributed by atoms with Crippen molar-refractivity contribution in [2.45, 2.75) is 32.2 Å². The van der Waals surface area contributed by atoms with Crippen molar-refractivity contribution in [3.8, 4) is 0 Å². The Balaban J connectivity index is 1.53. The fourth-order valence-electron chi connectivity index (χ4n) is 3.53. The molecular weight excluding hydrogens is 343 g/mol. The van der Waals surface area contributed by atoms with Gasteiger partial charge in [0, 0.05) is 20.1 Å². The van der Waals surface area contributed by atoms with Crippen LogP contribution in [0.25, 0.3) is 0 Å². The molecular formula is C21H29FN4O. The predicted octanol–water partition coefficient (Wildman–Crippen LogP) is 3.27. The number of guanidine groups is 1. The molecule has 0 aliphatic carbocycles. The van der Waals surface area contributed by atoms with Crippen molar-refractivity contribution in [2.75, 3.05) is 33.2 Å². The minimum Gasteiger partial charge on any atom is -0.465 e. The maximum absolute atomic E-state index is 13.3. The Morgan fingerprint density at radius 1 is 1.22 bits per heavy atom. The first-order chi connectivity index (χ1) is 13.2. The van der Waals surface area contributed by atoms with Gasteiger partial charge >= 0.3 is 0 Å². The molecule has 1 aliphatic heterocycles. The van der Waals surface area contributed by atoms with Gasteiger partial charge in [0.25, 0.3) is 0 Å². The largest absolute Gasteiger partial charge is 0.465 e. The van der Waals surface area contributed by atoms with Crippen molar-refractivity contribution in [3.63, 3.8) is 0 Å². The standard InChI is InChI=1S/C21H29FN4O/c1-16-8-9-20(27-16)19(26-12-3-4-13-26)15-25-21(23-2)24-11-10-17-6-5-7-18(22)14-17/h5-9,14,19H,3-4,10-13,15H2,1-2H3,(H2,23,24,25). The summed E-state index contributed by atoms with van der Waals surface area (Å²) in [5.74, 6) is 2.49. The number of aryl methyl sites for hydroxylation is 1. The van der Waals surface area contributed by atoms with Gasteiger partial charge in [0.1, 0.15) is 17.3 Å². The van der Waals surface area contributed by atoms with Crippen LogP contribution in [0.5, 0.6) is 0 Å². The summed E-state index contributed by atoms with van der Waals surface area (Å²) in [7, 11) is 1.76. The maximum Gasteiger partial charge on any atom is 0.191 e. The fourth-order valence-corrected chi connectivity index (χ4v) is 3.53. The van der Waals surface area contributed by atoms with Crippen LogP contribution in [-0.4, -0.2) is 44.1 Å². The molecule has 2 heterocycles. The number of aliphatic imine (C=N–C) groups is 1. The van der Waals surface area contributed by atoms with Crippen LogP contribution in [0, 0.1) is 12.7 Å². The van der Waals surface area contributed by atoms with Gasteiger partial charge in [-0.1, -0.05) is 12.1 Å². The Morgan fingerprint density at radius 2 is 2.04 bits per heavy atom. The molecule has 0 radical (unpaired) electrons. The zero-order valence-electron chi connectivity index (χ0n) is 16.2. The van der Waals surface area contributed by atoms with Crippen LogP contribution in [0.3, 0.4) is 0 Å². The first kappa shape index (κ1) is 19.4. The minimum atomic E-state index is -0.197. The van der Waals surface area contributed by atoms with Crippen LogP contribution in [0.4, 0.5) is 4.39 Å². The third kappa shape index (κ3) is 5.57. The Kier molecular flexibility index (Phi) is 6.87. The molecule has 146 valence electrons. The monoisotopic (exact) mass is 372 g/mol. The van der Waals surface area contributed by atoms with Crippen LogP contribution >= 0.6 is 0 Å². The highest BCUT2D eigenvalue weighted by molar-refractivity contribution is 5.79. The molecule has 0 spiro atoms. The molecule has 5 nitrogen and oxygen atoms in total. The summed E-state index contributed by atoms with van der Waals surface area (Å²) in [4.78, 5) is 6.77. The molecule has 6 heteroatoms. The van der Waals surface area contributed by atoms with Gasteiger partial charge in [0.05, 0.1) is 6.04 Å². The van der Waals surface area contributed by atoms with Crippen molar-refractivity contribution in [2.24, 2.45) is 4.99 Å². The van der Waals surface area contributed by atoms with E-state index in [1.807, 2.05) is 19.1 Å². The molecule has 27 heavy (non-hydrogen) atoms. The Morgan fingerprint density at radius 3 is 2.70 bits per heavy atom. The molecule has 1 aromatic heterocycles. The molecule has 0 bridgehead atoms. The predicted molar refractivity (Wildman–Crippen MR) is 106 cm³/mol. The van der Waals surface area contributed by atoms with Crippen LogP contribution < -0.4 is 10.6 Å². The number of rotatable bonds is 7. The van der Waals surface area contributed by atoms with Crippen LogP contribution in [0.1, 0.15) is 36.0 Å². The van der Waals surface area contributed by atoms with Crippen LogP contribution in [0.15, 0.2) is 45.8 Å². The number of nitrogens with one attached hydrogen (secondary N) is 2. The zero-order valence-corrected chi connectivity index (χ0v) is 16.2. The lowest BCUT2D eigenvalue weighted by atomic mass is 10.1. The molecule has 1 fully saturated rings. The Hall–Kier alpha value is -2.34. The van der Waals surface area contributed by atoms with Crippen molar-refractivity contribution in [1.82, 2.24) is 15.5 Å². The van der Waals surface area contributed by atoms with E-state index in [1.54, 1.807) is 19.2 Å². The van der Waals surface area contributed by atoms with E-state index < -0.39 is 0 Å². The van der Waals surface area contributed by atoms with Crippen LogP contribution in [-0.2, 0) is 6.42 Å². The summed E-state index contributed by atoms with van der Waals surface area (Å²) >= 11 is 0. The van der Waals surface area contributed by atoms with E-state index in [2.05, 4.69) is 26.6 Å². The molecule has 1 unspecified atom stereocenters. The first-order valence-electron chi connectivity index (χ1n) is 9.65. The highest BCUT2D eigenvalue weighted by Crippen LogP contribution is 2.26. The third-order valence-electron chi connectivity index (χ3n) is 4.95. The lowest BCUT2D eigenvalue weighted by molar-refractivity contribution is 0.213. The average molecular weight is 372 g/mol. The summed E-state index contributed by atoms with van der Waals surface area (Å²) in [5, 5.41) is 6.72. The summed E-state index contributed by atoms with van der Waals surface area (Å²) < 4.78 is 19.2. The molecule has 0 saturated carbocycles. The number of furan rings is 1. The summed E-state index contributed by atoms with van der Waals surface area (Å²) in [6.07, 6.45) is 3.21. The van der Waals surface area contributed by atoms with Crippen molar-refractivity contribution in [1.29, 1.82) is 0 Å². The summed E-state index contributed by atoms with van der Waals surface area (Å²) in [6.45, 7) is 5.59. The van der Waals surface area contributed by atoms with Gasteiger partial charge in [-0.15, -0.1) is 0 Å². The minimum absolute atomic E-state index is 0.197. The fraction of sp³-hybridized carbons (Fsp3) is 0.476. The normalized spacial score (nSPS) is 16.5. The van der Waals surface area contributed by atoms with E-state index in [4.69, 9.17) is 4.42 Å². The van der Waals surface area contributed by atoms with Gasteiger partial charge < -0.3 is 15.1 Å². The number of nitrogens with zero attached hydrogens (tertiary/aromatic N) is 2. The smallest absolute Gasteiger partial charge is 0.191 e. The molecule has 0 amide bonds. The van der Waals surface area contributed by atoms with Crippen molar-refractivity contribution >= 4 is 5.96 Å². The number of benzene rings is 1. The maximum atomic E-state index is 13.3. The van der Waals surface area contributed by atoms with Gasteiger partial charge in [-0.25, -0.2) is 4.39 Å². The number of likely N-dealkylation sites (tertiary alicyclic amines) is 1. The van der Waals surface area contributed by atoms with E-state index in [-0.39, 0.29) is 11.9 Å². The molecule has 1 atom stereocenters. The molecule has 1 aromatic carbocycles. The highest BCUT2D eigenvalue weighted by Gasteiger charge is 2.26. The SMILES string of the molecule is CN=C(NCCc1cccc(F)c1)NCC(c1ccc(C)o1)N1CCCC1. The van der Waals surface area contributed by atoms with Crippen LogP contribution in [0.2, 0.25) is 0 Å². The van der Waals surface area contributed by atoms with E-state index in [0.717, 1.165) is 49.1 Å². The van der Waals surface area contributed by atoms with Crippen molar-refractivity contribution < 1.29 is 8.81 Å². The van der Waals surface area contributed by atoms with Gasteiger partial charge in [-0.2, -0.15) is 0 Å². The first-order valence-corrected chi connectivity index (χ1v) is 9.65. The Labute approximate surface area is 160 Å². The lowest BCUT2D eigenvalue weighted by Crippen LogP contribution is -2.43. The molecule has 1 aliphatic rings. The van der Waals surface area contributed by atoms with Crippen molar-refractivity contribution in [3.05, 3.63) is 59.3 Å². The summed E-state index contributed by atoms with van der Waals surface area (Å²) in [6, 6.07) is 11.0. The van der Waals surface area contributed by atoms with E-state index in [0.29, 0.717) is 6.54 Å². The second-order valence-corrected chi connectivity index (χ2v) is 6.97. The van der Waals surface area contributed by atoms with E-state index in [1.165, 1.54) is 18.9 Å². The topological polar surface area (TPSA) is 52.8 Å². The molecule has 2 N–H and O–H groups in total. The average Bonchev–Trinajstić information content (AvgIpc) is 3.33. The second kappa shape index (κ2) is 9.55. The number of hydrogen-bond donors (Lipinski definition) is 2. The number of hydrogen-bond acceptors (Lipinski definition) is 3. The number of halogens is 1. The van der Waals surface area contributed by atoms with Gasteiger partial charge in [-0.3, -0.25) is 9.89 Å². The molecule has 1 saturated heterocycles. The highest BCUT2D eigenvalue weighted by atomic mass is 19.1. The second-order valence-electron chi connectivity index (χ2n) is 6.97. The lowest BCUT2D eigenvalue weighted by Gasteiger charge is -2.26. The third-order valence-corrected chi connectivity index (χ3v) is 4.95. The quantitative estimate of drug-likeness (QED) is 0.579. The molecule has 3 rings (SSSR count). The zero-order chi connectivity index (χ0) is 19.1. The van der Waals surface area contributed by atoms with Gasteiger partial charge in [-0.05, 0) is 69.1 Å². The van der Waals surface area contributed by atoms with Gasteiger partial charge in [0.2, 0.25) is 0 Å².